The summed E-state index contributed by atoms with van der Waals surface area (Å²) in [6, 6.07) is 7.74. The van der Waals surface area contributed by atoms with Crippen LogP contribution in [-0.4, -0.2) is 0 Å². The van der Waals surface area contributed by atoms with E-state index in [1.807, 2.05) is 31.2 Å². The molecule has 0 aliphatic rings. The number of benzene rings is 1. The number of nitrogens with two attached hydrogens (primary N) is 1. The Bertz CT molecular complexity index is 406. The van der Waals surface area contributed by atoms with Crippen LogP contribution in [0, 0.1) is 0 Å². The Kier molecular flexibility index (Phi) is 1.50. The van der Waals surface area contributed by atoms with E-state index in [0.29, 0.717) is 0 Å². The van der Waals surface area contributed by atoms with Crippen LogP contribution >= 0.6 is 0 Å². The zero-order chi connectivity index (χ0) is 8.55. The van der Waals surface area contributed by atoms with Crippen molar-refractivity contribution < 1.29 is 9.09 Å². The molecule has 1 heterocycles. The largest absolute Gasteiger partial charge is 0.399 e. The Labute approximate surface area is 70.4 Å². The Morgan fingerprint density at radius 3 is 2.83 bits per heavy atom. The van der Waals surface area contributed by atoms with Crippen LogP contribution in [0.25, 0.3) is 11.1 Å². The quantitative estimate of drug-likeness (QED) is 0.503. The Morgan fingerprint density at radius 1 is 1.42 bits per heavy atom. The minimum absolute atomic E-state index is 0.802. The molecule has 0 fully saturated rings. The first-order chi connectivity index (χ1) is 5.83. The van der Waals surface area contributed by atoms with Crippen LogP contribution in [0.5, 0.6) is 0 Å². The van der Waals surface area contributed by atoms with Crippen molar-refractivity contribution in [1.82, 2.24) is 0 Å². The monoisotopic (exact) mass is 163 g/mol. The Morgan fingerprint density at radius 2 is 2.17 bits per heavy atom. The number of nitrogens with zero attached hydrogens (tertiary/aromatic N) is 1. The molecule has 0 radical (unpaired) electrons. The average Bonchev–Trinajstić information content (AvgIpc) is 2.44. The summed E-state index contributed by atoms with van der Waals surface area (Å²) >= 11 is 0. The van der Waals surface area contributed by atoms with Crippen LogP contribution in [0.1, 0.15) is 12.8 Å². The standard InChI is InChI=1S/C9H11N2O/c1-2-9-11(10)7-5-3-4-6-8(7)12-9/h3-6H,2,10H2,1H3/q+1. The van der Waals surface area contributed by atoms with Crippen LogP contribution in [0.4, 0.5) is 0 Å². The Balaban J connectivity index is 2.78. The maximum atomic E-state index is 5.77. The van der Waals surface area contributed by atoms with E-state index in [2.05, 4.69) is 0 Å². The molecule has 2 rings (SSSR count). The van der Waals surface area contributed by atoms with Crippen molar-refractivity contribution in [2.45, 2.75) is 13.3 Å². The number of aryl methyl sites for hydroxylation is 1. The van der Waals surface area contributed by atoms with Gasteiger partial charge in [-0.1, -0.05) is 19.1 Å². The summed E-state index contributed by atoms with van der Waals surface area (Å²) in [5, 5.41) is 0. The van der Waals surface area contributed by atoms with Crippen molar-refractivity contribution in [3.8, 4) is 0 Å². The molecule has 1 aromatic heterocycles. The summed E-state index contributed by atoms with van der Waals surface area (Å²) in [5.41, 5.74) is 1.78. The summed E-state index contributed by atoms with van der Waals surface area (Å²) in [4.78, 5) is 0. The molecule has 0 amide bonds. The van der Waals surface area contributed by atoms with E-state index >= 15 is 0 Å². The van der Waals surface area contributed by atoms with Gasteiger partial charge in [0.25, 0.3) is 5.52 Å². The summed E-state index contributed by atoms with van der Waals surface area (Å²) in [7, 11) is 0. The van der Waals surface area contributed by atoms with E-state index in [1.165, 1.54) is 0 Å². The molecule has 2 aromatic rings. The normalized spacial score (nSPS) is 10.8. The molecule has 2 N–H and O–H groups in total. The lowest BCUT2D eigenvalue weighted by atomic mass is 10.3. The highest BCUT2D eigenvalue weighted by molar-refractivity contribution is 5.68. The number of hydrogen-bond acceptors (Lipinski definition) is 2. The fraction of sp³-hybridized carbons (Fsp3) is 0.222. The lowest BCUT2D eigenvalue weighted by Gasteiger charge is -1.81. The second-order valence-corrected chi connectivity index (χ2v) is 2.69. The van der Waals surface area contributed by atoms with Crippen LogP contribution in [0.15, 0.2) is 28.7 Å². The zero-order valence-electron chi connectivity index (χ0n) is 6.95. The SMILES string of the molecule is CCc1oc2ccccc2[n+]1N. The smallest absolute Gasteiger partial charge is 0.376 e. The minimum Gasteiger partial charge on any atom is -0.399 e. The van der Waals surface area contributed by atoms with Crippen molar-refractivity contribution in [2.24, 2.45) is 0 Å². The highest BCUT2D eigenvalue weighted by Gasteiger charge is 2.17. The molecule has 0 spiro atoms. The van der Waals surface area contributed by atoms with Gasteiger partial charge in [0.2, 0.25) is 5.58 Å². The molecule has 0 saturated heterocycles. The highest BCUT2D eigenvalue weighted by Crippen LogP contribution is 2.11. The number of oxazole rings is 1. The number of aromatic nitrogens is 1. The number of para-hydroxylation sites is 2. The van der Waals surface area contributed by atoms with Gasteiger partial charge < -0.3 is 4.42 Å². The molecule has 3 nitrogen and oxygen atoms in total. The summed E-state index contributed by atoms with van der Waals surface area (Å²) in [6.45, 7) is 2.01. The van der Waals surface area contributed by atoms with Gasteiger partial charge in [-0.15, -0.1) is 0 Å². The topological polar surface area (TPSA) is 43.0 Å². The third kappa shape index (κ3) is 0.863. The van der Waals surface area contributed by atoms with Gasteiger partial charge >= 0.3 is 5.89 Å². The van der Waals surface area contributed by atoms with Crippen LogP contribution in [0.2, 0.25) is 0 Å². The van der Waals surface area contributed by atoms with E-state index in [0.717, 1.165) is 23.4 Å². The second kappa shape index (κ2) is 2.52. The number of nitrogen functional groups attached to an aromatic ring is 1. The fourth-order valence-corrected chi connectivity index (χ4v) is 1.30. The summed E-state index contributed by atoms with van der Waals surface area (Å²) in [5.74, 6) is 6.57. The predicted molar refractivity (Wildman–Crippen MR) is 45.9 cm³/mol. The van der Waals surface area contributed by atoms with Crippen LogP contribution in [-0.2, 0) is 6.42 Å². The number of hydrogen-bond donors (Lipinski definition) is 1. The lowest BCUT2D eigenvalue weighted by Crippen LogP contribution is -2.46. The first-order valence-electron chi connectivity index (χ1n) is 4.00. The molecular formula is C9H11N2O+. The third-order valence-electron chi connectivity index (χ3n) is 1.92. The van der Waals surface area contributed by atoms with Crippen molar-refractivity contribution in [3.05, 3.63) is 30.2 Å². The van der Waals surface area contributed by atoms with Gasteiger partial charge in [0.1, 0.15) is 0 Å². The third-order valence-corrected chi connectivity index (χ3v) is 1.92. The molecule has 0 saturated carbocycles. The number of fused-ring (bicyclic) bond motifs is 1. The predicted octanol–water partition coefficient (Wildman–Crippen LogP) is 0.996. The molecule has 62 valence electrons. The van der Waals surface area contributed by atoms with E-state index < -0.39 is 0 Å². The molecule has 1 aromatic carbocycles. The average molecular weight is 163 g/mol. The van der Waals surface area contributed by atoms with Crippen molar-refractivity contribution in [3.63, 3.8) is 0 Å². The minimum atomic E-state index is 0.802. The maximum absolute atomic E-state index is 5.77. The Hall–Kier alpha value is -1.51. The molecule has 3 heteroatoms. The molecule has 0 atom stereocenters. The van der Waals surface area contributed by atoms with Gasteiger partial charge in [0.15, 0.2) is 0 Å². The maximum Gasteiger partial charge on any atom is 0.376 e. The van der Waals surface area contributed by atoms with Crippen molar-refractivity contribution in [1.29, 1.82) is 0 Å². The van der Waals surface area contributed by atoms with E-state index in [9.17, 15) is 0 Å². The first kappa shape index (κ1) is 7.16. The van der Waals surface area contributed by atoms with Crippen molar-refractivity contribution in [2.75, 3.05) is 5.84 Å². The molecule has 12 heavy (non-hydrogen) atoms. The fourth-order valence-electron chi connectivity index (χ4n) is 1.30. The van der Waals surface area contributed by atoms with Gasteiger partial charge in [0, 0.05) is 6.07 Å². The molecule has 0 bridgehead atoms. The second-order valence-electron chi connectivity index (χ2n) is 2.69. The van der Waals surface area contributed by atoms with Gasteiger partial charge in [-0.2, -0.15) is 0 Å². The first-order valence-corrected chi connectivity index (χ1v) is 4.00. The van der Waals surface area contributed by atoms with Crippen LogP contribution < -0.4 is 10.5 Å². The summed E-state index contributed by atoms with van der Waals surface area (Å²) < 4.78 is 7.08. The molecule has 0 unspecified atom stereocenters. The van der Waals surface area contributed by atoms with E-state index in [-0.39, 0.29) is 0 Å². The van der Waals surface area contributed by atoms with Gasteiger partial charge in [-0.05, 0) is 10.7 Å². The van der Waals surface area contributed by atoms with Crippen molar-refractivity contribution >= 4 is 11.1 Å². The zero-order valence-corrected chi connectivity index (χ0v) is 6.95. The van der Waals surface area contributed by atoms with Gasteiger partial charge in [0.05, 0.1) is 6.42 Å². The summed E-state index contributed by atoms with van der Waals surface area (Å²) in [6.07, 6.45) is 0.811. The highest BCUT2D eigenvalue weighted by atomic mass is 16.4. The molecule has 0 aliphatic carbocycles. The van der Waals surface area contributed by atoms with E-state index in [4.69, 9.17) is 10.3 Å². The molecule has 0 aliphatic heterocycles. The number of rotatable bonds is 1. The lowest BCUT2D eigenvalue weighted by molar-refractivity contribution is -0.625. The molecular weight excluding hydrogens is 152 g/mol. The van der Waals surface area contributed by atoms with Crippen LogP contribution in [0.3, 0.4) is 0 Å². The van der Waals surface area contributed by atoms with E-state index in [1.54, 1.807) is 4.68 Å². The van der Waals surface area contributed by atoms with Gasteiger partial charge in [-0.3, -0.25) is 0 Å². The van der Waals surface area contributed by atoms with Gasteiger partial charge in [-0.25, -0.2) is 5.84 Å².